The Morgan fingerprint density at radius 2 is 1.80 bits per heavy atom. The molecule has 0 fully saturated rings. The smallest absolute Gasteiger partial charge is 0.230 e. The summed E-state index contributed by atoms with van der Waals surface area (Å²) in [4.78, 5) is 17.0. The lowest BCUT2D eigenvalue weighted by atomic mass is 10.0. The molecule has 0 bridgehead atoms. The lowest BCUT2D eigenvalue weighted by Crippen LogP contribution is -2.43. The first-order chi connectivity index (χ1) is 12.0. The Kier molecular flexibility index (Phi) is 5.13. The van der Waals surface area contributed by atoms with Crippen molar-refractivity contribution in [1.82, 2.24) is 14.9 Å². The zero-order valence-corrected chi connectivity index (χ0v) is 15.6. The molecular formula is C20H23N3OS. The van der Waals surface area contributed by atoms with Crippen LogP contribution in [0, 0.1) is 0 Å². The average molecular weight is 353 g/mol. The summed E-state index contributed by atoms with van der Waals surface area (Å²) >= 11 is 1.47. The Morgan fingerprint density at radius 1 is 1.12 bits per heavy atom. The van der Waals surface area contributed by atoms with Crippen LogP contribution in [-0.4, -0.2) is 26.8 Å². The van der Waals surface area contributed by atoms with Gasteiger partial charge in [-0.15, -0.1) is 0 Å². The number of carbonyl (C=O) groups excluding carboxylic acids is 1. The Morgan fingerprint density at radius 3 is 2.52 bits per heavy atom. The zero-order chi connectivity index (χ0) is 17.9. The third kappa shape index (κ3) is 4.04. The van der Waals surface area contributed by atoms with Gasteiger partial charge in [-0.2, -0.15) is 0 Å². The Balaban J connectivity index is 1.88. The summed E-state index contributed by atoms with van der Waals surface area (Å²) in [5.41, 5.74) is 2.85. The maximum absolute atomic E-state index is 12.3. The predicted molar refractivity (Wildman–Crippen MR) is 104 cm³/mol. The molecule has 0 saturated carbocycles. The van der Waals surface area contributed by atoms with Crippen LogP contribution in [-0.2, 0) is 4.79 Å². The fourth-order valence-corrected chi connectivity index (χ4v) is 3.39. The Labute approximate surface area is 152 Å². The SMILES string of the molecule is CCC(C)(C)NC(=O)CSc1nc2ccccc2n1-c1ccccc1. The van der Waals surface area contributed by atoms with Crippen molar-refractivity contribution in [3.63, 3.8) is 0 Å². The van der Waals surface area contributed by atoms with Gasteiger partial charge in [0, 0.05) is 11.2 Å². The Bertz CT molecular complexity index is 871. The molecule has 1 N–H and O–H groups in total. The van der Waals surface area contributed by atoms with Crippen LogP contribution in [0.5, 0.6) is 0 Å². The minimum atomic E-state index is -0.183. The van der Waals surface area contributed by atoms with E-state index in [9.17, 15) is 4.79 Å². The summed E-state index contributed by atoms with van der Waals surface area (Å²) in [5.74, 6) is 0.378. The van der Waals surface area contributed by atoms with Gasteiger partial charge in [-0.1, -0.05) is 49.0 Å². The number of imidazole rings is 1. The van der Waals surface area contributed by atoms with Gasteiger partial charge < -0.3 is 5.32 Å². The van der Waals surface area contributed by atoms with Crippen LogP contribution in [0.15, 0.2) is 59.8 Å². The van der Waals surface area contributed by atoms with Crippen molar-refractivity contribution >= 4 is 28.7 Å². The van der Waals surface area contributed by atoms with Gasteiger partial charge in [0.2, 0.25) is 5.91 Å². The lowest BCUT2D eigenvalue weighted by molar-refractivity contribution is -0.120. The summed E-state index contributed by atoms with van der Waals surface area (Å²) < 4.78 is 2.11. The molecule has 0 aliphatic heterocycles. The molecule has 0 spiro atoms. The summed E-state index contributed by atoms with van der Waals surface area (Å²) in [6.07, 6.45) is 0.895. The number of nitrogens with zero attached hydrogens (tertiary/aromatic N) is 2. The Hall–Kier alpha value is -2.27. The van der Waals surface area contributed by atoms with E-state index in [4.69, 9.17) is 4.98 Å². The van der Waals surface area contributed by atoms with Gasteiger partial charge in [-0.3, -0.25) is 9.36 Å². The largest absolute Gasteiger partial charge is 0.351 e. The molecule has 3 rings (SSSR count). The minimum absolute atomic E-state index is 0.0310. The van der Waals surface area contributed by atoms with Crippen LogP contribution in [0.4, 0.5) is 0 Å². The van der Waals surface area contributed by atoms with Crippen LogP contribution in [0.25, 0.3) is 16.7 Å². The van der Waals surface area contributed by atoms with E-state index in [0.717, 1.165) is 28.3 Å². The van der Waals surface area contributed by atoms with E-state index in [1.54, 1.807) is 0 Å². The van der Waals surface area contributed by atoms with Crippen molar-refractivity contribution in [3.8, 4) is 5.69 Å². The van der Waals surface area contributed by atoms with E-state index in [0.29, 0.717) is 5.75 Å². The first-order valence-electron chi connectivity index (χ1n) is 8.47. The van der Waals surface area contributed by atoms with E-state index in [1.807, 2.05) is 50.2 Å². The first-order valence-corrected chi connectivity index (χ1v) is 9.45. The van der Waals surface area contributed by atoms with Crippen LogP contribution in [0.2, 0.25) is 0 Å². The number of rotatable bonds is 6. The molecule has 0 atom stereocenters. The highest BCUT2D eigenvalue weighted by Gasteiger charge is 2.19. The van der Waals surface area contributed by atoms with Gasteiger partial charge in [-0.05, 0) is 44.5 Å². The predicted octanol–water partition coefficient (Wildman–Crippen LogP) is 4.42. The molecule has 0 aliphatic carbocycles. The van der Waals surface area contributed by atoms with Gasteiger partial charge in [0.15, 0.2) is 5.16 Å². The fraction of sp³-hybridized carbons (Fsp3) is 0.300. The fourth-order valence-electron chi connectivity index (χ4n) is 2.56. The summed E-state index contributed by atoms with van der Waals surface area (Å²) in [5, 5.41) is 3.90. The highest BCUT2D eigenvalue weighted by Crippen LogP contribution is 2.27. The van der Waals surface area contributed by atoms with Crippen LogP contribution in [0.3, 0.4) is 0 Å². The van der Waals surface area contributed by atoms with E-state index in [1.165, 1.54) is 11.8 Å². The zero-order valence-electron chi connectivity index (χ0n) is 14.8. The number of hydrogen-bond acceptors (Lipinski definition) is 3. The number of amides is 1. The van der Waals surface area contributed by atoms with Gasteiger partial charge >= 0.3 is 0 Å². The molecule has 1 heterocycles. The van der Waals surface area contributed by atoms with Gasteiger partial charge in [0.25, 0.3) is 0 Å². The second-order valence-corrected chi connectivity index (χ2v) is 7.57. The number of carbonyl (C=O) groups is 1. The van der Waals surface area contributed by atoms with Crippen molar-refractivity contribution < 1.29 is 4.79 Å². The number of nitrogens with one attached hydrogen (secondary N) is 1. The van der Waals surface area contributed by atoms with Crippen molar-refractivity contribution in [2.24, 2.45) is 0 Å². The normalized spacial score (nSPS) is 11.6. The molecule has 0 saturated heterocycles. The summed E-state index contributed by atoms with van der Waals surface area (Å²) in [7, 11) is 0. The molecule has 0 aliphatic rings. The molecule has 0 radical (unpaired) electrons. The first kappa shape index (κ1) is 17.5. The van der Waals surface area contributed by atoms with Crippen molar-refractivity contribution in [2.75, 3.05) is 5.75 Å². The van der Waals surface area contributed by atoms with Crippen molar-refractivity contribution in [2.45, 2.75) is 37.9 Å². The minimum Gasteiger partial charge on any atom is -0.351 e. The molecule has 25 heavy (non-hydrogen) atoms. The summed E-state index contributed by atoms with van der Waals surface area (Å²) in [6, 6.07) is 18.2. The van der Waals surface area contributed by atoms with E-state index in [2.05, 4.69) is 35.0 Å². The average Bonchev–Trinajstić information content (AvgIpc) is 2.99. The molecule has 5 heteroatoms. The quantitative estimate of drug-likeness (QED) is 0.667. The number of thioether (sulfide) groups is 1. The lowest BCUT2D eigenvalue weighted by Gasteiger charge is -2.24. The van der Waals surface area contributed by atoms with E-state index in [-0.39, 0.29) is 11.4 Å². The van der Waals surface area contributed by atoms with Gasteiger partial charge in [-0.25, -0.2) is 4.98 Å². The summed E-state index contributed by atoms with van der Waals surface area (Å²) in [6.45, 7) is 6.14. The van der Waals surface area contributed by atoms with Gasteiger partial charge in [0.1, 0.15) is 0 Å². The number of hydrogen-bond donors (Lipinski definition) is 1. The maximum atomic E-state index is 12.3. The molecule has 130 valence electrons. The molecular weight excluding hydrogens is 330 g/mol. The second-order valence-electron chi connectivity index (χ2n) is 6.63. The van der Waals surface area contributed by atoms with E-state index >= 15 is 0 Å². The molecule has 0 unspecified atom stereocenters. The van der Waals surface area contributed by atoms with Crippen LogP contribution < -0.4 is 5.32 Å². The molecule has 1 aromatic heterocycles. The number of para-hydroxylation sites is 3. The monoisotopic (exact) mass is 353 g/mol. The third-order valence-electron chi connectivity index (χ3n) is 4.24. The highest BCUT2D eigenvalue weighted by atomic mass is 32.2. The highest BCUT2D eigenvalue weighted by molar-refractivity contribution is 7.99. The number of benzene rings is 2. The van der Waals surface area contributed by atoms with Crippen LogP contribution >= 0.6 is 11.8 Å². The second kappa shape index (κ2) is 7.31. The molecule has 3 aromatic rings. The van der Waals surface area contributed by atoms with Crippen molar-refractivity contribution in [3.05, 3.63) is 54.6 Å². The topological polar surface area (TPSA) is 46.9 Å². The molecule has 2 aromatic carbocycles. The van der Waals surface area contributed by atoms with E-state index < -0.39 is 0 Å². The maximum Gasteiger partial charge on any atom is 0.230 e. The molecule has 4 nitrogen and oxygen atoms in total. The molecule has 1 amide bonds. The van der Waals surface area contributed by atoms with Crippen LogP contribution in [0.1, 0.15) is 27.2 Å². The van der Waals surface area contributed by atoms with Gasteiger partial charge in [0.05, 0.1) is 16.8 Å². The van der Waals surface area contributed by atoms with Crippen molar-refractivity contribution in [1.29, 1.82) is 0 Å². The third-order valence-corrected chi connectivity index (χ3v) is 5.18. The standard InChI is InChI=1S/C20H23N3OS/c1-4-20(2,3)22-18(24)14-25-19-21-16-12-8-9-13-17(16)23(19)15-10-6-5-7-11-15/h5-13H,4,14H2,1-3H3,(H,22,24). The number of aromatic nitrogens is 2. The number of fused-ring (bicyclic) bond motifs is 1.